The first kappa shape index (κ1) is 46.4. The standard InChI is InChI=1S/C50H62N2O12/c1-7-23-61-50-45(52(48(56)58-8-2)29-32-15-18-43-44(24-32)60-31-59-43)28-40(51-64-49(3,4)5)38-26-33(13-9-11-21-53)37(14-10-12-22-54)46(47(38)50)39-27-36(17-20-42(39)63-50)62-35-16-19-41(57-6)34(25-35)30-55/h7,15-20,24-27,30,33,37,45-47,53-54H,1,8-14,21-23,28-29,31H2,2-6H3. The van der Waals surface area contributed by atoms with Gasteiger partial charge >= 0.3 is 6.09 Å². The number of aldehydes is 1. The summed E-state index contributed by atoms with van der Waals surface area (Å²) in [5.41, 5.74) is 2.93. The number of ether oxygens (including phenoxy) is 7. The number of oxime groups is 1. The summed E-state index contributed by atoms with van der Waals surface area (Å²) in [6, 6.07) is 15.6. The zero-order valence-electron chi connectivity index (χ0n) is 37.6. The van der Waals surface area contributed by atoms with E-state index in [1.54, 1.807) is 36.1 Å². The molecule has 3 aromatic carbocycles. The summed E-state index contributed by atoms with van der Waals surface area (Å²) in [5.74, 6) is 0.828. The molecule has 4 aliphatic rings. The molecule has 6 atom stereocenters. The summed E-state index contributed by atoms with van der Waals surface area (Å²) in [5, 5.41) is 24.9. The van der Waals surface area contributed by atoms with Crippen molar-refractivity contribution in [2.24, 2.45) is 22.9 Å². The first-order valence-electron chi connectivity index (χ1n) is 22.4. The van der Waals surface area contributed by atoms with Crippen LogP contribution in [0.3, 0.4) is 0 Å². The second-order valence-corrected chi connectivity index (χ2v) is 17.6. The Kier molecular flexibility index (Phi) is 14.9. The summed E-state index contributed by atoms with van der Waals surface area (Å²) in [4.78, 5) is 34.5. The van der Waals surface area contributed by atoms with Gasteiger partial charge in [0.05, 0.1) is 37.5 Å². The van der Waals surface area contributed by atoms with Crippen molar-refractivity contribution in [3.8, 4) is 34.5 Å². The average molecular weight is 883 g/mol. The van der Waals surface area contributed by atoms with E-state index < -0.39 is 29.4 Å². The summed E-state index contributed by atoms with van der Waals surface area (Å²) in [6.07, 6.45) is 8.71. The minimum absolute atomic E-state index is 0.0142. The molecule has 0 aromatic heterocycles. The van der Waals surface area contributed by atoms with Crippen molar-refractivity contribution >= 4 is 18.1 Å². The van der Waals surface area contributed by atoms with Crippen LogP contribution in [0.4, 0.5) is 4.79 Å². The summed E-state index contributed by atoms with van der Waals surface area (Å²) in [7, 11) is 1.51. The normalized spacial score (nSPS) is 23.5. The predicted octanol–water partition coefficient (Wildman–Crippen LogP) is 9.12. The van der Waals surface area contributed by atoms with E-state index in [2.05, 4.69) is 12.7 Å². The van der Waals surface area contributed by atoms with E-state index in [0.29, 0.717) is 58.6 Å². The van der Waals surface area contributed by atoms with Gasteiger partial charge in [0.15, 0.2) is 17.8 Å². The predicted molar refractivity (Wildman–Crippen MR) is 239 cm³/mol. The highest BCUT2D eigenvalue weighted by molar-refractivity contribution is 6.03. The lowest BCUT2D eigenvalue weighted by molar-refractivity contribution is -0.256. The van der Waals surface area contributed by atoms with Gasteiger partial charge in [0.25, 0.3) is 0 Å². The highest BCUT2D eigenvalue weighted by Gasteiger charge is 2.66. The largest absolute Gasteiger partial charge is 0.496 e. The van der Waals surface area contributed by atoms with Crippen LogP contribution in [-0.2, 0) is 20.9 Å². The minimum Gasteiger partial charge on any atom is -0.496 e. The zero-order chi connectivity index (χ0) is 45.4. The zero-order valence-corrected chi connectivity index (χ0v) is 37.6. The van der Waals surface area contributed by atoms with Crippen LogP contribution in [-0.4, -0.2) is 91.0 Å². The van der Waals surface area contributed by atoms with Crippen molar-refractivity contribution in [3.05, 3.63) is 95.6 Å². The molecule has 0 spiro atoms. The summed E-state index contributed by atoms with van der Waals surface area (Å²) < 4.78 is 43.6. The maximum atomic E-state index is 14.6. The molecule has 14 nitrogen and oxygen atoms in total. The molecule has 0 radical (unpaired) electrons. The van der Waals surface area contributed by atoms with Gasteiger partial charge in [-0.25, -0.2) is 4.79 Å². The number of amides is 1. The summed E-state index contributed by atoms with van der Waals surface area (Å²) in [6.45, 7) is 12.2. The first-order chi connectivity index (χ1) is 31.0. The quantitative estimate of drug-likeness (QED) is 0.0480. The van der Waals surface area contributed by atoms with E-state index in [0.717, 1.165) is 48.7 Å². The van der Waals surface area contributed by atoms with Crippen molar-refractivity contribution in [2.75, 3.05) is 40.3 Å². The van der Waals surface area contributed by atoms with Crippen LogP contribution in [0.15, 0.2) is 84.1 Å². The first-order valence-corrected chi connectivity index (χ1v) is 22.4. The van der Waals surface area contributed by atoms with Crippen LogP contribution < -0.4 is 23.7 Å². The smallest absolute Gasteiger partial charge is 0.410 e. The molecule has 1 amide bonds. The fourth-order valence-corrected chi connectivity index (χ4v) is 9.65. The number of methoxy groups -OCH3 is 1. The van der Waals surface area contributed by atoms with Crippen molar-refractivity contribution in [3.63, 3.8) is 0 Å². The van der Waals surface area contributed by atoms with Crippen LogP contribution in [0.25, 0.3) is 0 Å². The number of hydrogen-bond acceptors (Lipinski definition) is 13. The minimum atomic E-state index is -1.51. The Morgan fingerprint density at radius 3 is 2.42 bits per heavy atom. The number of unbranched alkanes of at least 4 members (excludes halogenated alkanes) is 2. The van der Waals surface area contributed by atoms with Gasteiger partial charge in [0.1, 0.15) is 34.6 Å². The molecule has 1 saturated carbocycles. The van der Waals surface area contributed by atoms with E-state index in [4.69, 9.17) is 43.2 Å². The number of hydrogen-bond donors (Lipinski definition) is 2. The van der Waals surface area contributed by atoms with Crippen molar-refractivity contribution in [1.29, 1.82) is 0 Å². The molecule has 2 aliphatic carbocycles. The van der Waals surface area contributed by atoms with Crippen molar-refractivity contribution in [2.45, 2.75) is 103 Å². The van der Waals surface area contributed by atoms with Crippen LogP contribution in [0, 0.1) is 17.8 Å². The molecule has 3 aromatic rings. The van der Waals surface area contributed by atoms with Crippen LogP contribution in [0.5, 0.6) is 34.5 Å². The maximum absolute atomic E-state index is 14.6. The van der Waals surface area contributed by atoms with E-state index >= 15 is 0 Å². The lowest BCUT2D eigenvalue weighted by Gasteiger charge is -2.60. The average Bonchev–Trinajstić information content (AvgIpc) is 3.76. The van der Waals surface area contributed by atoms with E-state index in [1.165, 1.54) is 7.11 Å². The molecule has 0 saturated heterocycles. The Bertz CT molecular complexity index is 2200. The molecule has 2 heterocycles. The molecule has 1 fully saturated rings. The van der Waals surface area contributed by atoms with Gasteiger partial charge < -0.3 is 48.2 Å². The molecule has 2 N–H and O–H groups in total. The maximum Gasteiger partial charge on any atom is 0.410 e. The van der Waals surface area contributed by atoms with Gasteiger partial charge in [-0.05, 0) is 125 Å². The molecular formula is C50H62N2O12. The highest BCUT2D eigenvalue weighted by atomic mass is 16.7. The van der Waals surface area contributed by atoms with Gasteiger partial charge in [-0.2, -0.15) is 0 Å². The Labute approximate surface area is 375 Å². The molecule has 0 bridgehead atoms. The Hall–Kier alpha value is -5.57. The van der Waals surface area contributed by atoms with Gasteiger partial charge in [0, 0.05) is 37.7 Å². The second-order valence-electron chi connectivity index (χ2n) is 17.6. The van der Waals surface area contributed by atoms with E-state index in [-0.39, 0.29) is 63.9 Å². The number of aliphatic hydroxyl groups excluding tert-OH is 2. The molecular weight excluding hydrogens is 821 g/mol. The van der Waals surface area contributed by atoms with E-state index in [9.17, 15) is 19.8 Å². The SMILES string of the molecule is C=CCOC12Oc3ccc(Oc4ccc(OC)c(C=O)c4)cc3C3C(CCCCO)C(CCCCO)C=C(C(=NOC(C)(C)C)CC1N(Cc1ccc4c(c1)OCO4)C(=O)OCC)C32. The Morgan fingerprint density at radius 2 is 1.70 bits per heavy atom. The van der Waals surface area contributed by atoms with Crippen LogP contribution in [0.2, 0.25) is 0 Å². The van der Waals surface area contributed by atoms with E-state index in [1.807, 2.05) is 57.2 Å². The topological polar surface area (TPSA) is 164 Å². The lowest BCUT2D eigenvalue weighted by atomic mass is 9.55. The molecule has 64 heavy (non-hydrogen) atoms. The van der Waals surface area contributed by atoms with Crippen molar-refractivity contribution in [1.82, 2.24) is 4.90 Å². The number of fused-ring (bicyclic) bond motifs is 3. The molecule has 2 aliphatic heterocycles. The Balaban J connectivity index is 1.46. The molecule has 6 unspecified atom stereocenters. The molecule has 344 valence electrons. The van der Waals surface area contributed by atoms with Crippen LogP contribution in [0.1, 0.15) is 100 Å². The molecule has 14 heteroatoms. The number of carbonyl (C=O) groups is 2. The summed E-state index contributed by atoms with van der Waals surface area (Å²) >= 11 is 0. The van der Waals surface area contributed by atoms with Gasteiger partial charge in [-0.1, -0.05) is 36.2 Å². The number of aliphatic hydroxyl groups is 2. The monoisotopic (exact) mass is 882 g/mol. The third-order valence-corrected chi connectivity index (χ3v) is 12.3. The third-order valence-electron chi connectivity index (χ3n) is 12.3. The van der Waals surface area contributed by atoms with Gasteiger partial charge in [-0.3, -0.25) is 9.69 Å². The van der Waals surface area contributed by atoms with Gasteiger partial charge in [0.2, 0.25) is 12.6 Å². The number of allylic oxidation sites excluding steroid dienone is 1. The second kappa shape index (κ2) is 20.5. The van der Waals surface area contributed by atoms with Crippen molar-refractivity contribution < 1.29 is 57.8 Å². The fraction of sp³-hybridized carbons (Fsp3) is 0.500. The Morgan fingerprint density at radius 1 is 0.969 bits per heavy atom. The fourth-order valence-electron chi connectivity index (χ4n) is 9.65. The molecule has 7 rings (SSSR count). The number of rotatable bonds is 20. The highest BCUT2D eigenvalue weighted by Crippen LogP contribution is 2.62. The third kappa shape index (κ3) is 9.89. The van der Waals surface area contributed by atoms with Gasteiger partial charge in [-0.15, -0.1) is 6.58 Å². The lowest BCUT2D eigenvalue weighted by Crippen LogP contribution is -2.70. The number of nitrogens with zero attached hydrogens (tertiary/aromatic N) is 2. The number of carbonyl (C=O) groups excluding carboxylic acids is 2. The number of benzene rings is 3. The van der Waals surface area contributed by atoms with Crippen LogP contribution >= 0.6 is 0 Å².